The number of aryl methyl sites for hydroxylation is 1. The molecule has 0 fully saturated rings. The molecule has 0 bridgehead atoms. The summed E-state index contributed by atoms with van der Waals surface area (Å²) < 4.78 is 0. The Morgan fingerprint density at radius 1 is 1.29 bits per heavy atom. The minimum Gasteiger partial charge on any atom is -0.383 e. The molecule has 0 spiro atoms. The molecule has 17 heavy (non-hydrogen) atoms. The average Bonchev–Trinajstić information content (AvgIpc) is 2.26. The molecule has 1 aromatic rings. The van der Waals surface area contributed by atoms with Gasteiger partial charge >= 0.3 is 0 Å². The molecule has 0 saturated heterocycles. The second-order valence-corrected chi connectivity index (χ2v) is 4.53. The lowest BCUT2D eigenvalue weighted by Gasteiger charge is -2.10. The first-order valence-corrected chi connectivity index (χ1v) is 6.26. The van der Waals surface area contributed by atoms with Gasteiger partial charge < -0.3 is 10.6 Å². The predicted octanol–water partition coefficient (Wildman–Crippen LogP) is 3.24. The fourth-order valence-corrected chi connectivity index (χ4v) is 1.83. The number of hydrogen-bond donors (Lipinski definition) is 2. The zero-order valence-corrected chi connectivity index (χ0v) is 11.5. The van der Waals surface area contributed by atoms with Crippen LogP contribution in [0.15, 0.2) is 12.1 Å². The summed E-state index contributed by atoms with van der Waals surface area (Å²) in [4.78, 5) is 11.2. The molecule has 5 heteroatoms. The van der Waals surface area contributed by atoms with Crippen molar-refractivity contribution in [3.05, 3.63) is 27.7 Å². The van der Waals surface area contributed by atoms with Gasteiger partial charge in [-0.25, -0.2) is 0 Å². The molecule has 0 aliphatic rings. The standard InChI is InChI=1S/C12H16Cl2N2O/c1-3-15-12(17)4-5-16-11-7-9(13)8(2)6-10(11)14/h6-7,16H,3-5H2,1-2H3,(H,15,17). The van der Waals surface area contributed by atoms with Crippen molar-refractivity contribution < 1.29 is 4.79 Å². The Hall–Kier alpha value is -0.930. The number of nitrogens with one attached hydrogen (secondary N) is 2. The molecule has 0 aromatic heterocycles. The molecule has 0 saturated carbocycles. The first-order valence-electron chi connectivity index (χ1n) is 5.50. The molecule has 0 unspecified atom stereocenters. The van der Waals surface area contributed by atoms with Crippen LogP contribution in [0.2, 0.25) is 10.0 Å². The van der Waals surface area contributed by atoms with Crippen LogP contribution in [0.25, 0.3) is 0 Å². The molecule has 0 aliphatic heterocycles. The Balaban J connectivity index is 2.52. The normalized spacial score (nSPS) is 10.1. The van der Waals surface area contributed by atoms with Crippen LogP contribution in [0.3, 0.4) is 0 Å². The maximum atomic E-state index is 11.2. The Morgan fingerprint density at radius 3 is 2.65 bits per heavy atom. The van der Waals surface area contributed by atoms with Gasteiger partial charge in [0.2, 0.25) is 5.91 Å². The van der Waals surface area contributed by atoms with Gasteiger partial charge in [-0.2, -0.15) is 0 Å². The highest BCUT2D eigenvalue weighted by Gasteiger charge is 2.05. The van der Waals surface area contributed by atoms with Crippen LogP contribution in [0, 0.1) is 6.92 Å². The highest BCUT2D eigenvalue weighted by atomic mass is 35.5. The first-order chi connectivity index (χ1) is 8.04. The Kier molecular flexibility index (Phi) is 5.59. The van der Waals surface area contributed by atoms with Crippen LogP contribution in [0.5, 0.6) is 0 Å². The fourth-order valence-electron chi connectivity index (χ4n) is 1.38. The lowest BCUT2D eigenvalue weighted by atomic mass is 10.2. The van der Waals surface area contributed by atoms with Crippen LogP contribution >= 0.6 is 23.2 Å². The minimum atomic E-state index is 0.0225. The third kappa shape index (κ3) is 4.44. The number of carbonyl (C=O) groups is 1. The van der Waals surface area contributed by atoms with Crippen LogP contribution in [-0.2, 0) is 4.79 Å². The van der Waals surface area contributed by atoms with Gasteiger partial charge in [-0.3, -0.25) is 4.79 Å². The average molecular weight is 275 g/mol. The van der Waals surface area contributed by atoms with Crippen molar-refractivity contribution >= 4 is 34.8 Å². The van der Waals surface area contributed by atoms with E-state index in [1.165, 1.54) is 0 Å². The molecule has 94 valence electrons. The Bertz CT molecular complexity index is 408. The van der Waals surface area contributed by atoms with Gasteiger partial charge in [-0.15, -0.1) is 0 Å². The molecule has 3 nitrogen and oxygen atoms in total. The van der Waals surface area contributed by atoms with Gasteiger partial charge in [-0.1, -0.05) is 23.2 Å². The van der Waals surface area contributed by atoms with Crippen molar-refractivity contribution in [3.8, 4) is 0 Å². The SMILES string of the molecule is CCNC(=O)CCNc1cc(Cl)c(C)cc1Cl. The van der Waals surface area contributed by atoms with E-state index in [0.717, 1.165) is 11.3 Å². The highest BCUT2D eigenvalue weighted by Crippen LogP contribution is 2.28. The topological polar surface area (TPSA) is 41.1 Å². The van der Waals surface area contributed by atoms with E-state index in [1.807, 2.05) is 13.8 Å². The van der Waals surface area contributed by atoms with Gasteiger partial charge in [0.1, 0.15) is 0 Å². The van der Waals surface area contributed by atoms with E-state index < -0.39 is 0 Å². The molecule has 1 aromatic carbocycles. The van der Waals surface area contributed by atoms with Crippen molar-refractivity contribution in [1.82, 2.24) is 5.32 Å². The van der Waals surface area contributed by atoms with Crippen LogP contribution in [0.4, 0.5) is 5.69 Å². The van der Waals surface area contributed by atoms with Crippen LogP contribution in [-0.4, -0.2) is 19.0 Å². The largest absolute Gasteiger partial charge is 0.383 e. The van der Waals surface area contributed by atoms with E-state index in [9.17, 15) is 4.79 Å². The molecule has 2 N–H and O–H groups in total. The lowest BCUT2D eigenvalue weighted by Crippen LogP contribution is -2.24. The van der Waals surface area contributed by atoms with Crippen molar-refractivity contribution in [2.75, 3.05) is 18.4 Å². The smallest absolute Gasteiger partial charge is 0.221 e. The van der Waals surface area contributed by atoms with E-state index in [2.05, 4.69) is 10.6 Å². The second-order valence-electron chi connectivity index (χ2n) is 3.71. The first kappa shape index (κ1) is 14.1. The number of rotatable bonds is 5. The maximum Gasteiger partial charge on any atom is 0.221 e. The molecule has 0 atom stereocenters. The summed E-state index contributed by atoms with van der Waals surface area (Å²) in [7, 11) is 0. The summed E-state index contributed by atoms with van der Waals surface area (Å²) in [6.07, 6.45) is 0.412. The van der Waals surface area contributed by atoms with Gasteiger partial charge in [0.25, 0.3) is 0 Å². The molecule has 0 radical (unpaired) electrons. The van der Waals surface area contributed by atoms with Gasteiger partial charge in [0.15, 0.2) is 0 Å². The van der Waals surface area contributed by atoms with E-state index in [0.29, 0.717) is 29.6 Å². The number of benzene rings is 1. The van der Waals surface area contributed by atoms with Gasteiger partial charge in [-0.05, 0) is 31.5 Å². The summed E-state index contributed by atoms with van der Waals surface area (Å²) in [6, 6.07) is 3.58. The third-order valence-electron chi connectivity index (χ3n) is 2.29. The van der Waals surface area contributed by atoms with Gasteiger partial charge in [0.05, 0.1) is 10.7 Å². The number of halogens is 2. The maximum absolute atomic E-state index is 11.2. The molecule has 0 heterocycles. The molecule has 0 aliphatic carbocycles. The summed E-state index contributed by atoms with van der Waals surface area (Å²) >= 11 is 12.1. The lowest BCUT2D eigenvalue weighted by molar-refractivity contribution is -0.120. The van der Waals surface area contributed by atoms with Crippen molar-refractivity contribution in [2.45, 2.75) is 20.3 Å². The molecule has 1 rings (SSSR count). The number of anilines is 1. The highest BCUT2D eigenvalue weighted by molar-refractivity contribution is 6.35. The Labute approximate surface area is 111 Å². The summed E-state index contributed by atoms with van der Waals surface area (Å²) in [5.74, 6) is 0.0225. The Morgan fingerprint density at radius 2 is 2.00 bits per heavy atom. The minimum absolute atomic E-state index is 0.0225. The summed E-state index contributed by atoms with van der Waals surface area (Å²) in [6.45, 7) is 4.97. The summed E-state index contributed by atoms with van der Waals surface area (Å²) in [5.41, 5.74) is 1.69. The van der Waals surface area contributed by atoms with E-state index in [-0.39, 0.29) is 5.91 Å². The molecular weight excluding hydrogens is 259 g/mol. The van der Waals surface area contributed by atoms with Crippen molar-refractivity contribution in [2.24, 2.45) is 0 Å². The third-order valence-corrected chi connectivity index (χ3v) is 3.01. The van der Waals surface area contributed by atoms with E-state index >= 15 is 0 Å². The predicted molar refractivity (Wildman–Crippen MR) is 73.0 cm³/mol. The fraction of sp³-hybridized carbons (Fsp3) is 0.417. The summed E-state index contributed by atoms with van der Waals surface area (Å²) in [5, 5.41) is 7.10. The molecule has 1 amide bonds. The second kappa shape index (κ2) is 6.72. The van der Waals surface area contributed by atoms with Gasteiger partial charge in [0, 0.05) is 24.5 Å². The number of hydrogen-bond acceptors (Lipinski definition) is 2. The van der Waals surface area contributed by atoms with E-state index in [4.69, 9.17) is 23.2 Å². The molecular formula is C12H16Cl2N2O. The monoisotopic (exact) mass is 274 g/mol. The zero-order chi connectivity index (χ0) is 12.8. The zero-order valence-electron chi connectivity index (χ0n) is 9.94. The quantitative estimate of drug-likeness (QED) is 0.866. The van der Waals surface area contributed by atoms with Crippen LogP contribution in [0.1, 0.15) is 18.9 Å². The van der Waals surface area contributed by atoms with Crippen molar-refractivity contribution in [3.63, 3.8) is 0 Å². The van der Waals surface area contributed by atoms with Crippen molar-refractivity contribution in [1.29, 1.82) is 0 Å². The van der Waals surface area contributed by atoms with E-state index in [1.54, 1.807) is 12.1 Å². The number of amides is 1. The van der Waals surface area contributed by atoms with Crippen LogP contribution < -0.4 is 10.6 Å². The number of carbonyl (C=O) groups excluding carboxylic acids is 1.